The summed E-state index contributed by atoms with van der Waals surface area (Å²) in [5.41, 5.74) is -12.4. The molecule has 0 saturated carbocycles. The first-order valence-electron chi connectivity index (χ1n) is 11.7. The van der Waals surface area contributed by atoms with Crippen molar-refractivity contribution in [3.05, 3.63) is 22.8 Å². The standard InChI is InChI=1S/C18H30N4O3.C2F6NO4S2/c1-21-13-14-22(17-21)12-8-4-5-9-15-25-18(24)20-11-7-3-2-6-10-19-16-23;3-1(4,5)14(10,11)9-15(12,13)2(6,7)8/h13-14,17H,2-12,15H2,1H3;/q;-1/p+1. The van der Waals surface area contributed by atoms with Crippen LogP contribution in [0.5, 0.6) is 0 Å². The molecule has 0 aromatic carbocycles. The molecule has 0 bridgehead atoms. The molecule has 12 nitrogen and oxygen atoms in total. The second-order valence-corrected chi connectivity index (χ2v) is 11.5. The lowest BCUT2D eigenvalue weighted by Crippen LogP contribution is -2.30. The number of rotatable bonds is 16. The number of carbonyl (C=O) groups is 1. The molecule has 0 unspecified atom stereocenters. The molecule has 0 atom stereocenters. The fourth-order valence-electron chi connectivity index (χ4n) is 2.72. The average molecular weight is 632 g/mol. The van der Waals surface area contributed by atoms with Crippen molar-refractivity contribution in [3.63, 3.8) is 0 Å². The van der Waals surface area contributed by atoms with Crippen molar-refractivity contribution in [2.75, 3.05) is 19.7 Å². The Labute approximate surface area is 227 Å². The van der Waals surface area contributed by atoms with E-state index < -0.39 is 31.1 Å². The molecule has 0 radical (unpaired) electrons. The van der Waals surface area contributed by atoms with Crippen molar-refractivity contribution in [2.24, 2.45) is 12.0 Å². The smallest absolute Gasteiger partial charge is 0.450 e. The average Bonchev–Trinajstić information content (AvgIpc) is 3.23. The van der Waals surface area contributed by atoms with Crippen LogP contribution in [0, 0.1) is 0 Å². The fourth-order valence-corrected chi connectivity index (χ4v) is 4.43. The molecule has 0 aliphatic heterocycles. The van der Waals surface area contributed by atoms with E-state index in [1.807, 2.05) is 17.8 Å². The third-order valence-corrected chi connectivity index (χ3v) is 7.42. The lowest BCUT2D eigenvalue weighted by molar-refractivity contribution is -0.671. The number of aliphatic imine (C=N–C) groups is 1. The van der Waals surface area contributed by atoms with E-state index in [0.29, 0.717) is 19.7 Å². The molecule has 0 spiro atoms. The maximum Gasteiger partial charge on any atom is 0.480 e. The van der Waals surface area contributed by atoms with Crippen LogP contribution in [0.3, 0.4) is 0 Å². The molecule has 1 heterocycles. The highest BCUT2D eigenvalue weighted by atomic mass is 32.3. The third kappa shape index (κ3) is 16.4. The van der Waals surface area contributed by atoms with Gasteiger partial charge in [-0.15, -0.1) is 0 Å². The number of alkyl halides is 6. The third-order valence-electron chi connectivity index (χ3n) is 4.68. The SMILES string of the molecule is C[n+]1ccn(CCCCCCOC(=O)NCCCCCCN=C=O)c1.O=S(=O)([N-]S(=O)(=O)C(F)(F)F)C(F)(F)F. The molecule has 1 N–H and O–H groups in total. The molecule has 0 saturated heterocycles. The molecular weight excluding hydrogens is 600 g/mol. The van der Waals surface area contributed by atoms with Gasteiger partial charge in [-0.05, 0) is 38.5 Å². The molecule has 1 aromatic heterocycles. The number of aromatic nitrogens is 2. The Kier molecular flexibility index (Phi) is 16.7. The van der Waals surface area contributed by atoms with Crippen molar-refractivity contribution >= 4 is 32.2 Å². The summed E-state index contributed by atoms with van der Waals surface area (Å²) >= 11 is 0. The number of hydrogen-bond donors (Lipinski definition) is 1. The summed E-state index contributed by atoms with van der Waals surface area (Å²) in [6.07, 6.45) is 15.5. The molecule has 40 heavy (non-hydrogen) atoms. The number of imidazole rings is 1. The Balaban J connectivity index is 0.000000868. The van der Waals surface area contributed by atoms with E-state index >= 15 is 0 Å². The van der Waals surface area contributed by atoms with Crippen LogP contribution in [0.1, 0.15) is 51.4 Å². The summed E-state index contributed by atoms with van der Waals surface area (Å²) in [5, 5.41) is 2.76. The van der Waals surface area contributed by atoms with Crippen molar-refractivity contribution < 1.29 is 62.1 Å². The van der Waals surface area contributed by atoms with Crippen LogP contribution >= 0.6 is 0 Å². The van der Waals surface area contributed by atoms with E-state index in [4.69, 9.17) is 4.74 Å². The van der Waals surface area contributed by atoms with Crippen LogP contribution in [0.25, 0.3) is 4.13 Å². The number of nitrogens with one attached hydrogen (secondary N) is 1. The van der Waals surface area contributed by atoms with Gasteiger partial charge in [-0.25, -0.2) is 40.6 Å². The molecule has 232 valence electrons. The minimum Gasteiger partial charge on any atom is -0.450 e. The van der Waals surface area contributed by atoms with Gasteiger partial charge < -0.3 is 14.2 Å². The highest BCUT2D eigenvalue weighted by molar-refractivity contribution is 8.13. The second-order valence-electron chi connectivity index (χ2n) is 8.10. The van der Waals surface area contributed by atoms with Gasteiger partial charge in [0.25, 0.3) is 0 Å². The van der Waals surface area contributed by atoms with Gasteiger partial charge in [-0.2, -0.15) is 26.3 Å². The molecular formula is C20H31F6N5O7S2. The van der Waals surface area contributed by atoms with E-state index in [0.717, 1.165) is 62.0 Å². The molecule has 0 aliphatic rings. The minimum absolute atomic E-state index is 0.328. The lowest BCUT2D eigenvalue weighted by Gasteiger charge is -2.22. The van der Waals surface area contributed by atoms with Crippen molar-refractivity contribution in [1.82, 2.24) is 9.88 Å². The molecule has 0 fully saturated rings. The lowest BCUT2D eigenvalue weighted by atomic mass is 10.2. The number of isocyanates is 1. The van der Waals surface area contributed by atoms with Gasteiger partial charge >= 0.3 is 17.1 Å². The molecule has 20 heteroatoms. The molecule has 0 aliphatic carbocycles. The van der Waals surface area contributed by atoms with Crippen LogP contribution < -0.4 is 9.88 Å². The molecule has 1 aromatic rings. The van der Waals surface area contributed by atoms with Crippen LogP contribution in [-0.2, 0) is 43.2 Å². The number of ether oxygens (including phenoxy) is 1. The number of aryl methyl sites for hydroxylation is 2. The van der Waals surface area contributed by atoms with Gasteiger partial charge in [0.2, 0.25) is 12.4 Å². The Bertz CT molecular complexity index is 1110. The normalized spacial score (nSPS) is 12.2. The summed E-state index contributed by atoms with van der Waals surface area (Å²) < 4.78 is 119. The van der Waals surface area contributed by atoms with E-state index in [-0.39, 0.29) is 6.09 Å². The number of unbranched alkanes of at least 4 members (excludes halogenated alkanes) is 6. The Hall–Kier alpha value is -2.70. The molecule has 1 amide bonds. The summed E-state index contributed by atoms with van der Waals surface area (Å²) in [4.78, 5) is 24.9. The number of amides is 1. The monoisotopic (exact) mass is 631 g/mol. The number of halogens is 6. The van der Waals surface area contributed by atoms with Gasteiger partial charge in [0.1, 0.15) is 12.4 Å². The maximum absolute atomic E-state index is 11.5. The maximum atomic E-state index is 11.5. The molecule has 1 rings (SSSR count). The largest absolute Gasteiger partial charge is 0.480 e. The van der Waals surface area contributed by atoms with Crippen LogP contribution in [0.4, 0.5) is 31.1 Å². The Morgan fingerprint density at radius 3 is 2.02 bits per heavy atom. The number of nitrogens with zero attached hydrogens (tertiary/aromatic N) is 4. The van der Waals surface area contributed by atoms with Crippen molar-refractivity contribution in [2.45, 2.75) is 68.9 Å². The van der Waals surface area contributed by atoms with Gasteiger partial charge in [-0.3, -0.25) is 0 Å². The van der Waals surface area contributed by atoms with Crippen molar-refractivity contribution in [1.29, 1.82) is 0 Å². The number of sulfonamides is 2. The highest BCUT2D eigenvalue weighted by Gasteiger charge is 2.46. The van der Waals surface area contributed by atoms with E-state index in [2.05, 4.69) is 27.4 Å². The van der Waals surface area contributed by atoms with E-state index in [1.165, 1.54) is 6.08 Å². The first kappa shape index (κ1) is 37.3. The summed E-state index contributed by atoms with van der Waals surface area (Å²) in [5.74, 6) is 0. The van der Waals surface area contributed by atoms with Gasteiger partial charge in [-0.1, -0.05) is 12.8 Å². The first-order chi connectivity index (χ1) is 18.4. The minimum atomic E-state index is -6.72. The topological polar surface area (TPSA) is 159 Å². The van der Waals surface area contributed by atoms with Gasteiger partial charge in [0.15, 0.2) is 20.0 Å². The van der Waals surface area contributed by atoms with Crippen LogP contribution in [-0.4, -0.2) is 64.3 Å². The second kappa shape index (κ2) is 17.9. The van der Waals surface area contributed by atoms with E-state index in [9.17, 15) is 52.8 Å². The number of carbonyl (C=O) groups excluding carboxylic acids is 2. The summed E-state index contributed by atoms with van der Waals surface area (Å²) in [6, 6.07) is 0. The van der Waals surface area contributed by atoms with E-state index in [1.54, 1.807) is 0 Å². The number of alkyl carbamates (subject to hydrolysis) is 1. The fraction of sp³-hybridized carbons (Fsp3) is 0.750. The highest BCUT2D eigenvalue weighted by Crippen LogP contribution is 2.36. The van der Waals surface area contributed by atoms with Gasteiger partial charge in [0, 0.05) is 6.54 Å². The van der Waals surface area contributed by atoms with Crippen molar-refractivity contribution in [3.8, 4) is 0 Å². The first-order valence-corrected chi connectivity index (χ1v) is 14.6. The van der Waals surface area contributed by atoms with Crippen LogP contribution in [0.2, 0.25) is 0 Å². The number of hydrogen-bond acceptors (Lipinski definition) is 8. The summed E-state index contributed by atoms with van der Waals surface area (Å²) in [7, 11) is -11.4. The zero-order chi connectivity index (χ0) is 30.9. The van der Waals surface area contributed by atoms with Gasteiger partial charge in [0.05, 0.1) is 26.7 Å². The Morgan fingerprint density at radius 2 is 1.50 bits per heavy atom. The Morgan fingerprint density at radius 1 is 0.950 bits per heavy atom. The summed E-state index contributed by atoms with van der Waals surface area (Å²) in [6.45, 7) is 2.69. The van der Waals surface area contributed by atoms with Crippen LogP contribution in [0.15, 0.2) is 23.7 Å². The quantitative estimate of drug-likeness (QED) is 0.0960. The zero-order valence-electron chi connectivity index (χ0n) is 21.4. The predicted molar refractivity (Wildman–Crippen MR) is 128 cm³/mol. The predicted octanol–water partition coefficient (Wildman–Crippen LogP) is 3.55. The zero-order valence-corrected chi connectivity index (χ0v) is 23.1.